The van der Waals surface area contributed by atoms with E-state index in [0.29, 0.717) is 0 Å². The van der Waals surface area contributed by atoms with Crippen LogP contribution in [0.1, 0.15) is 52.9 Å². The minimum absolute atomic E-state index is 0.0207. The summed E-state index contributed by atoms with van der Waals surface area (Å²) in [7, 11) is 0. The number of hydrogen-bond donors (Lipinski definition) is 1. The molecule has 0 aromatic rings. The van der Waals surface area contributed by atoms with Crippen LogP contribution in [-0.2, 0) is 4.74 Å². The normalized spacial score (nSPS) is 31.8. The van der Waals surface area contributed by atoms with Gasteiger partial charge in [-0.05, 0) is 58.4 Å². The lowest BCUT2D eigenvalue weighted by atomic mass is 9.79. The Morgan fingerprint density at radius 2 is 2.06 bits per heavy atom. The SMILES string of the molecule is CCCN(CC1CC1)C1(CN)CCOC(C)(C)C1. The summed E-state index contributed by atoms with van der Waals surface area (Å²) < 4.78 is 5.89. The maximum atomic E-state index is 6.19. The lowest BCUT2D eigenvalue weighted by Crippen LogP contribution is -2.61. The third-order valence-corrected chi connectivity index (χ3v) is 4.53. The standard InChI is InChI=1S/C15H30N2O/c1-4-8-17(10-13-5-6-13)15(12-16)7-9-18-14(2,3)11-15/h13H,4-12,16H2,1-3H3. The van der Waals surface area contributed by atoms with Gasteiger partial charge >= 0.3 is 0 Å². The molecule has 2 N–H and O–H groups in total. The smallest absolute Gasteiger partial charge is 0.0644 e. The maximum Gasteiger partial charge on any atom is 0.0644 e. The highest BCUT2D eigenvalue weighted by Gasteiger charge is 2.44. The van der Waals surface area contributed by atoms with Crippen LogP contribution >= 0.6 is 0 Å². The van der Waals surface area contributed by atoms with Gasteiger partial charge in [0.05, 0.1) is 5.60 Å². The average Bonchev–Trinajstić information content (AvgIpc) is 3.11. The monoisotopic (exact) mass is 254 g/mol. The topological polar surface area (TPSA) is 38.5 Å². The van der Waals surface area contributed by atoms with E-state index in [1.54, 1.807) is 0 Å². The van der Waals surface area contributed by atoms with Crippen molar-refractivity contribution in [3.8, 4) is 0 Å². The van der Waals surface area contributed by atoms with Crippen LogP contribution in [0.5, 0.6) is 0 Å². The van der Waals surface area contributed by atoms with E-state index in [0.717, 1.165) is 31.9 Å². The average molecular weight is 254 g/mol. The van der Waals surface area contributed by atoms with E-state index in [1.165, 1.54) is 32.4 Å². The molecule has 2 fully saturated rings. The van der Waals surface area contributed by atoms with Crippen LogP contribution in [0.3, 0.4) is 0 Å². The molecule has 0 amide bonds. The summed E-state index contributed by atoms with van der Waals surface area (Å²) >= 11 is 0. The Kier molecular flexibility index (Phi) is 4.35. The van der Waals surface area contributed by atoms with Gasteiger partial charge < -0.3 is 10.5 Å². The predicted molar refractivity (Wildman–Crippen MR) is 75.6 cm³/mol. The molecule has 3 nitrogen and oxygen atoms in total. The van der Waals surface area contributed by atoms with Crippen molar-refractivity contribution in [3.63, 3.8) is 0 Å². The van der Waals surface area contributed by atoms with Crippen molar-refractivity contribution in [2.24, 2.45) is 11.7 Å². The second-order valence-corrected chi connectivity index (χ2v) is 6.85. The molecule has 1 aliphatic heterocycles. The van der Waals surface area contributed by atoms with Gasteiger partial charge in [-0.25, -0.2) is 0 Å². The minimum atomic E-state index is -0.0207. The fourth-order valence-electron chi connectivity index (χ4n) is 3.43. The predicted octanol–water partition coefficient (Wildman–Crippen LogP) is 2.39. The first kappa shape index (κ1) is 14.3. The van der Waals surface area contributed by atoms with E-state index >= 15 is 0 Å². The first-order valence-corrected chi connectivity index (χ1v) is 7.60. The zero-order valence-electron chi connectivity index (χ0n) is 12.4. The molecule has 0 aromatic carbocycles. The molecule has 106 valence electrons. The van der Waals surface area contributed by atoms with Gasteiger partial charge in [0.15, 0.2) is 0 Å². The van der Waals surface area contributed by atoms with Crippen molar-refractivity contribution in [2.75, 3.05) is 26.2 Å². The molecule has 0 spiro atoms. The molecule has 2 rings (SSSR count). The van der Waals surface area contributed by atoms with Crippen LogP contribution in [0.2, 0.25) is 0 Å². The summed E-state index contributed by atoms with van der Waals surface area (Å²) in [4.78, 5) is 2.69. The van der Waals surface area contributed by atoms with Crippen molar-refractivity contribution in [1.29, 1.82) is 0 Å². The van der Waals surface area contributed by atoms with Gasteiger partial charge in [-0.2, -0.15) is 0 Å². The summed E-state index contributed by atoms with van der Waals surface area (Å²) in [5, 5.41) is 0. The lowest BCUT2D eigenvalue weighted by Gasteiger charge is -2.51. The highest BCUT2D eigenvalue weighted by Crippen LogP contribution is 2.39. The van der Waals surface area contributed by atoms with E-state index < -0.39 is 0 Å². The molecule has 1 aliphatic carbocycles. The number of nitrogens with two attached hydrogens (primary N) is 1. The molecule has 3 heteroatoms. The lowest BCUT2D eigenvalue weighted by molar-refractivity contribution is -0.119. The minimum Gasteiger partial charge on any atom is -0.375 e. The van der Waals surface area contributed by atoms with Crippen LogP contribution in [0, 0.1) is 5.92 Å². The Morgan fingerprint density at radius 3 is 2.56 bits per heavy atom. The van der Waals surface area contributed by atoms with Crippen LogP contribution < -0.4 is 5.73 Å². The van der Waals surface area contributed by atoms with E-state index in [2.05, 4.69) is 25.7 Å². The molecule has 1 atom stereocenters. The number of ether oxygens (including phenoxy) is 1. The van der Waals surface area contributed by atoms with Gasteiger partial charge in [0, 0.05) is 25.2 Å². The van der Waals surface area contributed by atoms with Gasteiger partial charge in [-0.15, -0.1) is 0 Å². The Morgan fingerprint density at radius 1 is 1.33 bits per heavy atom. The molecule has 0 aromatic heterocycles. The summed E-state index contributed by atoms with van der Waals surface area (Å²) in [6, 6.07) is 0. The zero-order chi connectivity index (χ0) is 13.2. The first-order valence-electron chi connectivity index (χ1n) is 7.60. The summed E-state index contributed by atoms with van der Waals surface area (Å²) in [5.74, 6) is 0.936. The van der Waals surface area contributed by atoms with E-state index in [-0.39, 0.29) is 11.1 Å². The van der Waals surface area contributed by atoms with Crippen molar-refractivity contribution in [3.05, 3.63) is 0 Å². The first-order chi connectivity index (χ1) is 8.51. The molecule has 1 saturated heterocycles. The number of rotatable bonds is 6. The Balaban J connectivity index is 2.10. The third-order valence-electron chi connectivity index (χ3n) is 4.53. The Hall–Kier alpha value is -0.120. The number of nitrogens with zero attached hydrogens (tertiary/aromatic N) is 1. The molecular formula is C15H30N2O. The van der Waals surface area contributed by atoms with Crippen LogP contribution in [-0.4, -0.2) is 42.3 Å². The zero-order valence-corrected chi connectivity index (χ0v) is 12.4. The summed E-state index contributed by atoms with van der Waals surface area (Å²) in [6.45, 7) is 10.7. The quantitative estimate of drug-likeness (QED) is 0.791. The van der Waals surface area contributed by atoms with E-state index in [1.807, 2.05) is 0 Å². The highest BCUT2D eigenvalue weighted by molar-refractivity contribution is 5.00. The van der Waals surface area contributed by atoms with Crippen LogP contribution in [0.25, 0.3) is 0 Å². The van der Waals surface area contributed by atoms with Gasteiger partial charge in [0.2, 0.25) is 0 Å². The van der Waals surface area contributed by atoms with E-state index in [4.69, 9.17) is 10.5 Å². The second kappa shape index (κ2) is 5.48. The fraction of sp³-hybridized carbons (Fsp3) is 1.00. The van der Waals surface area contributed by atoms with Crippen molar-refractivity contribution in [2.45, 2.75) is 64.0 Å². The van der Waals surface area contributed by atoms with Gasteiger partial charge in [0.1, 0.15) is 0 Å². The van der Waals surface area contributed by atoms with Gasteiger partial charge in [-0.3, -0.25) is 4.90 Å². The summed E-state index contributed by atoms with van der Waals surface area (Å²) in [5.41, 5.74) is 6.35. The molecule has 1 unspecified atom stereocenters. The molecule has 2 aliphatic rings. The highest BCUT2D eigenvalue weighted by atomic mass is 16.5. The number of hydrogen-bond acceptors (Lipinski definition) is 3. The Labute approximate surface area is 112 Å². The molecular weight excluding hydrogens is 224 g/mol. The Bertz CT molecular complexity index is 276. The second-order valence-electron chi connectivity index (χ2n) is 6.85. The summed E-state index contributed by atoms with van der Waals surface area (Å²) in [6.07, 6.45) is 6.22. The molecule has 1 heterocycles. The van der Waals surface area contributed by atoms with Crippen molar-refractivity contribution in [1.82, 2.24) is 4.90 Å². The largest absolute Gasteiger partial charge is 0.375 e. The maximum absolute atomic E-state index is 6.19. The van der Waals surface area contributed by atoms with Gasteiger partial charge in [-0.1, -0.05) is 6.92 Å². The molecule has 0 bridgehead atoms. The van der Waals surface area contributed by atoms with Crippen molar-refractivity contribution < 1.29 is 4.74 Å². The van der Waals surface area contributed by atoms with E-state index in [9.17, 15) is 0 Å². The van der Waals surface area contributed by atoms with Crippen molar-refractivity contribution >= 4 is 0 Å². The molecule has 18 heavy (non-hydrogen) atoms. The third kappa shape index (κ3) is 3.25. The van der Waals surface area contributed by atoms with Crippen LogP contribution in [0.4, 0.5) is 0 Å². The van der Waals surface area contributed by atoms with Crippen LogP contribution in [0.15, 0.2) is 0 Å². The molecule has 0 radical (unpaired) electrons. The molecule has 1 saturated carbocycles. The fourth-order valence-corrected chi connectivity index (χ4v) is 3.43. The van der Waals surface area contributed by atoms with Gasteiger partial charge in [0.25, 0.3) is 0 Å².